The third kappa shape index (κ3) is 2.60. The first-order valence-electron chi connectivity index (χ1n) is 6.07. The van der Waals surface area contributed by atoms with Crippen LogP contribution in [0.2, 0.25) is 0 Å². The van der Waals surface area contributed by atoms with Crippen LogP contribution < -0.4 is 0 Å². The predicted molar refractivity (Wildman–Crippen MR) is 68.6 cm³/mol. The maximum absolute atomic E-state index is 12.9. The molecule has 0 spiro atoms. The molecule has 0 unspecified atom stereocenters. The Morgan fingerprint density at radius 2 is 1.89 bits per heavy atom. The van der Waals surface area contributed by atoms with E-state index >= 15 is 0 Å². The van der Waals surface area contributed by atoms with Gasteiger partial charge in [-0.1, -0.05) is 25.5 Å². The molecular weight excluding hydrogens is 227 g/mol. The highest BCUT2D eigenvalue weighted by molar-refractivity contribution is 5.29. The fourth-order valence-corrected chi connectivity index (χ4v) is 2.04. The first-order chi connectivity index (χ1) is 8.74. The largest absolute Gasteiger partial charge is 0.332 e. The van der Waals surface area contributed by atoms with Gasteiger partial charge >= 0.3 is 0 Å². The highest BCUT2D eigenvalue weighted by Gasteiger charge is 2.07. The van der Waals surface area contributed by atoms with Gasteiger partial charge in [-0.05, 0) is 36.2 Å². The Morgan fingerprint density at radius 3 is 2.50 bits per heavy atom. The van der Waals surface area contributed by atoms with Crippen molar-refractivity contribution in [3.8, 4) is 6.07 Å². The summed E-state index contributed by atoms with van der Waals surface area (Å²) in [6, 6.07) is 12.4. The van der Waals surface area contributed by atoms with Crippen molar-refractivity contribution in [1.29, 1.82) is 5.26 Å². The van der Waals surface area contributed by atoms with Gasteiger partial charge in [0.1, 0.15) is 17.6 Å². The molecule has 0 radical (unpaired) electrons. The maximum Gasteiger partial charge on any atom is 0.123 e. The smallest absolute Gasteiger partial charge is 0.123 e. The lowest BCUT2D eigenvalue weighted by Gasteiger charge is -2.10. The van der Waals surface area contributed by atoms with E-state index in [1.165, 1.54) is 12.1 Å². The van der Waals surface area contributed by atoms with Crippen LogP contribution in [0, 0.1) is 17.1 Å². The van der Waals surface area contributed by atoms with Gasteiger partial charge in [-0.15, -0.1) is 0 Å². The lowest BCUT2D eigenvalue weighted by atomic mass is 10.2. The first-order valence-corrected chi connectivity index (χ1v) is 6.07. The number of aryl methyl sites for hydroxylation is 1. The molecular formula is C15H15FN2. The monoisotopic (exact) mass is 242 g/mol. The second kappa shape index (κ2) is 5.50. The predicted octanol–water partition coefficient (Wildman–Crippen LogP) is 3.50. The van der Waals surface area contributed by atoms with Crippen molar-refractivity contribution in [3.05, 3.63) is 59.2 Å². The van der Waals surface area contributed by atoms with Gasteiger partial charge < -0.3 is 4.57 Å². The molecule has 18 heavy (non-hydrogen) atoms. The Balaban J connectivity index is 2.29. The van der Waals surface area contributed by atoms with E-state index in [9.17, 15) is 4.39 Å². The quantitative estimate of drug-likeness (QED) is 0.806. The molecule has 0 N–H and O–H groups in total. The van der Waals surface area contributed by atoms with E-state index in [4.69, 9.17) is 5.26 Å². The number of rotatable bonds is 4. The van der Waals surface area contributed by atoms with Crippen molar-refractivity contribution < 1.29 is 4.39 Å². The Morgan fingerprint density at radius 1 is 1.17 bits per heavy atom. The van der Waals surface area contributed by atoms with Crippen LogP contribution in [0.25, 0.3) is 0 Å². The lowest BCUT2D eigenvalue weighted by Crippen LogP contribution is -2.06. The van der Waals surface area contributed by atoms with Crippen molar-refractivity contribution >= 4 is 0 Å². The molecule has 0 fully saturated rings. The molecule has 2 aromatic rings. The van der Waals surface area contributed by atoms with Crippen LogP contribution in [0.4, 0.5) is 4.39 Å². The minimum absolute atomic E-state index is 0.236. The van der Waals surface area contributed by atoms with Crippen LogP contribution in [0.3, 0.4) is 0 Å². The second-order valence-corrected chi connectivity index (χ2v) is 4.28. The van der Waals surface area contributed by atoms with Crippen molar-refractivity contribution in [2.45, 2.75) is 26.3 Å². The Bertz CT molecular complexity index is 561. The molecule has 0 atom stereocenters. The molecule has 2 rings (SSSR count). The van der Waals surface area contributed by atoms with Gasteiger partial charge in [0.15, 0.2) is 0 Å². The number of benzene rings is 1. The molecule has 1 aromatic heterocycles. The Kier molecular flexibility index (Phi) is 3.78. The fourth-order valence-electron chi connectivity index (χ4n) is 2.04. The Labute approximate surface area is 106 Å². The SMILES string of the molecule is CCCc1ccc(C#N)n1Cc1ccc(F)cc1. The summed E-state index contributed by atoms with van der Waals surface area (Å²) in [6.45, 7) is 2.73. The van der Waals surface area contributed by atoms with Gasteiger partial charge in [0.2, 0.25) is 0 Å². The molecule has 0 aliphatic carbocycles. The second-order valence-electron chi connectivity index (χ2n) is 4.28. The highest BCUT2D eigenvalue weighted by Crippen LogP contribution is 2.14. The maximum atomic E-state index is 12.9. The van der Waals surface area contributed by atoms with Gasteiger partial charge in [-0.25, -0.2) is 4.39 Å². The molecule has 92 valence electrons. The van der Waals surface area contributed by atoms with E-state index in [2.05, 4.69) is 13.0 Å². The van der Waals surface area contributed by atoms with E-state index in [-0.39, 0.29) is 5.82 Å². The summed E-state index contributed by atoms with van der Waals surface area (Å²) in [5, 5.41) is 9.09. The number of nitriles is 1. The van der Waals surface area contributed by atoms with Crippen LogP contribution in [-0.2, 0) is 13.0 Å². The lowest BCUT2D eigenvalue weighted by molar-refractivity contribution is 0.625. The fraction of sp³-hybridized carbons (Fsp3) is 0.267. The van der Waals surface area contributed by atoms with Crippen molar-refractivity contribution in [1.82, 2.24) is 4.57 Å². The van der Waals surface area contributed by atoms with Crippen LogP contribution in [0.5, 0.6) is 0 Å². The van der Waals surface area contributed by atoms with Gasteiger partial charge in [0.05, 0.1) is 0 Å². The average molecular weight is 242 g/mol. The van der Waals surface area contributed by atoms with Crippen molar-refractivity contribution in [2.75, 3.05) is 0 Å². The zero-order valence-electron chi connectivity index (χ0n) is 10.4. The van der Waals surface area contributed by atoms with Gasteiger partial charge in [0, 0.05) is 12.2 Å². The summed E-state index contributed by atoms with van der Waals surface area (Å²) in [6.07, 6.45) is 1.99. The van der Waals surface area contributed by atoms with Gasteiger partial charge in [0.25, 0.3) is 0 Å². The molecule has 0 saturated carbocycles. The molecule has 3 heteroatoms. The molecule has 0 saturated heterocycles. The van der Waals surface area contributed by atoms with Crippen molar-refractivity contribution in [3.63, 3.8) is 0 Å². The molecule has 0 aliphatic rings. The zero-order chi connectivity index (χ0) is 13.0. The third-order valence-corrected chi connectivity index (χ3v) is 2.95. The molecule has 0 aliphatic heterocycles. The molecule has 1 heterocycles. The highest BCUT2D eigenvalue weighted by atomic mass is 19.1. The van der Waals surface area contributed by atoms with Gasteiger partial charge in [-0.2, -0.15) is 5.26 Å². The topological polar surface area (TPSA) is 28.7 Å². The number of hydrogen-bond donors (Lipinski definition) is 0. The summed E-state index contributed by atoms with van der Waals surface area (Å²) >= 11 is 0. The Hall–Kier alpha value is -2.08. The van der Waals surface area contributed by atoms with Gasteiger partial charge in [-0.3, -0.25) is 0 Å². The molecule has 2 nitrogen and oxygen atoms in total. The zero-order valence-corrected chi connectivity index (χ0v) is 10.4. The average Bonchev–Trinajstić information content (AvgIpc) is 2.75. The molecule has 1 aromatic carbocycles. The third-order valence-electron chi connectivity index (χ3n) is 2.95. The summed E-state index contributed by atoms with van der Waals surface area (Å²) in [5.41, 5.74) is 2.81. The standard InChI is InChI=1S/C15H15FN2/c1-2-3-14-8-9-15(10-17)18(14)11-12-4-6-13(16)7-5-12/h4-9H,2-3,11H2,1H3. The summed E-state index contributed by atoms with van der Waals surface area (Å²) < 4.78 is 14.8. The van der Waals surface area contributed by atoms with E-state index in [0.29, 0.717) is 12.2 Å². The first kappa shape index (κ1) is 12.4. The van der Waals surface area contributed by atoms with E-state index in [0.717, 1.165) is 24.1 Å². The number of aromatic nitrogens is 1. The summed E-state index contributed by atoms with van der Waals surface area (Å²) in [7, 11) is 0. The molecule has 0 amide bonds. The van der Waals surface area contributed by atoms with E-state index < -0.39 is 0 Å². The normalized spacial score (nSPS) is 10.3. The number of hydrogen-bond acceptors (Lipinski definition) is 1. The van der Waals surface area contributed by atoms with Crippen LogP contribution in [-0.4, -0.2) is 4.57 Å². The minimum atomic E-state index is -0.236. The summed E-state index contributed by atoms with van der Waals surface area (Å²) in [4.78, 5) is 0. The van der Waals surface area contributed by atoms with Crippen LogP contribution >= 0.6 is 0 Å². The van der Waals surface area contributed by atoms with E-state index in [1.807, 2.05) is 16.7 Å². The number of halogens is 1. The van der Waals surface area contributed by atoms with Crippen LogP contribution in [0.15, 0.2) is 36.4 Å². The van der Waals surface area contributed by atoms with E-state index in [1.54, 1.807) is 12.1 Å². The minimum Gasteiger partial charge on any atom is -0.332 e. The van der Waals surface area contributed by atoms with Crippen molar-refractivity contribution in [2.24, 2.45) is 0 Å². The summed E-state index contributed by atoms with van der Waals surface area (Å²) in [5.74, 6) is -0.236. The molecule has 0 bridgehead atoms. The number of nitrogens with zero attached hydrogens (tertiary/aromatic N) is 2. The van der Waals surface area contributed by atoms with Crippen LogP contribution in [0.1, 0.15) is 30.3 Å².